The van der Waals surface area contributed by atoms with E-state index in [1.165, 1.54) is 12.1 Å². The standard InChI is InChI=1S/C27H30F2N2OSi/c1-18-26(19-10-8-7-9-11-19)30-24-15-12-20(16-31(18)24)21-13-14-23(28)22(25(21)29)17-32-33(5,6)27(2,3)4/h7-16H,17H2,1-6H3. The number of aryl methyl sites for hydroxylation is 1. The van der Waals surface area contributed by atoms with Gasteiger partial charge in [0, 0.05) is 34.1 Å². The Morgan fingerprint density at radius 3 is 2.30 bits per heavy atom. The molecule has 0 saturated heterocycles. The summed E-state index contributed by atoms with van der Waals surface area (Å²) < 4.78 is 38.2. The van der Waals surface area contributed by atoms with Gasteiger partial charge in [0.15, 0.2) is 8.32 Å². The molecule has 3 nitrogen and oxygen atoms in total. The number of fused-ring (bicyclic) bond motifs is 1. The minimum Gasteiger partial charge on any atom is -0.412 e. The van der Waals surface area contributed by atoms with Gasteiger partial charge in [-0.25, -0.2) is 13.8 Å². The first-order valence-corrected chi connectivity index (χ1v) is 14.1. The van der Waals surface area contributed by atoms with E-state index in [1.807, 2.05) is 60.0 Å². The topological polar surface area (TPSA) is 26.5 Å². The molecule has 0 unspecified atom stereocenters. The van der Waals surface area contributed by atoms with Gasteiger partial charge in [0.25, 0.3) is 0 Å². The zero-order valence-electron chi connectivity index (χ0n) is 20.0. The predicted molar refractivity (Wildman–Crippen MR) is 133 cm³/mol. The fourth-order valence-corrected chi connectivity index (χ4v) is 4.55. The molecule has 0 aliphatic heterocycles. The van der Waals surface area contributed by atoms with E-state index in [1.54, 1.807) is 0 Å². The molecule has 0 atom stereocenters. The van der Waals surface area contributed by atoms with Crippen LogP contribution in [0, 0.1) is 18.6 Å². The smallest absolute Gasteiger partial charge is 0.192 e. The number of halogens is 2. The normalized spacial score (nSPS) is 12.5. The first-order valence-electron chi connectivity index (χ1n) is 11.1. The number of pyridine rings is 1. The average Bonchev–Trinajstić information content (AvgIpc) is 3.09. The van der Waals surface area contributed by atoms with Crippen molar-refractivity contribution in [2.24, 2.45) is 0 Å². The van der Waals surface area contributed by atoms with Crippen molar-refractivity contribution < 1.29 is 13.2 Å². The summed E-state index contributed by atoms with van der Waals surface area (Å²) in [4.78, 5) is 4.74. The van der Waals surface area contributed by atoms with Gasteiger partial charge in [0.2, 0.25) is 0 Å². The minimum absolute atomic E-state index is 0.0234. The van der Waals surface area contributed by atoms with Gasteiger partial charge in [-0.3, -0.25) is 0 Å². The molecule has 0 radical (unpaired) electrons. The summed E-state index contributed by atoms with van der Waals surface area (Å²) in [6.45, 7) is 12.4. The molecule has 0 N–H and O–H groups in total. The number of hydrogen-bond acceptors (Lipinski definition) is 2. The lowest BCUT2D eigenvalue weighted by molar-refractivity contribution is 0.265. The average molecular weight is 465 g/mol. The van der Waals surface area contributed by atoms with Crippen molar-refractivity contribution in [3.8, 4) is 22.4 Å². The maximum atomic E-state index is 15.5. The second kappa shape index (κ2) is 8.50. The van der Waals surface area contributed by atoms with Crippen molar-refractivity contribution in [3.63, 3.8) is 0 Å². The summed E-state index contributed by atoms with van der Waals surface area (Å²) in [6, 6.07) is 16.5. The highest BCUT2D eigenvalue weighted by molar-refractivity contribution is 6.74. The summed E-state index contributed by atoms with van der Waals surface area (Å²) in [6.07, 6.45) is 1.86. The van der Waals surface area contributed by atoms with Crippen LogP contribution in [0.15, 0.2) is 60.8 Å². The highest BCUT2D eigenvalue weighted by atomic mass is 28.4. The van der Waals surface area contributed by atoms with Crippen LogP contribution in [0.3, 0.4) is 0 Å². The summed E-state index contributed by atoms with van der Waals surface area (Å²) in [5, 5.41) is -0.0436. The van der Waals surface area contributed by atoms with Crippen LogP contribution in [-0.4, -0.2) is 17.7 Å². The molecule has 33 heavy (non-hydrogen) atoms. The maximum Gasteiger partial charge on any atom is 0.192 e. The Morgan fingerprint density at radius 1 is 0.939 bits per heavy atom. The molecule has 2 aromatic carbocycles. The van der Waals surface area contributed by atoms with Crippen LogP contribution in [0.1, 0.15) is 32.0 Å². The molecule has 6 heteroatoms. The van der Waals surface area contributed by atoms with E-state index in [9.17, 15) is 4.39 Å². The lowest BCUT2D eigenvalue weighted by atomic mass is 10.0. The first-order chi connectivity index (χ1) is 15.5. The monoisotopic (exact) mass is 464 g/mol. The molecule has 0 saturated carbocycles. The fraction of sp³-hybridized carbons (Fsp3) is 0.296. The number of rotatable bonds is 5. The van der Waals surface area contributed by atoms with Crippen molar-refractivity contribution in [1.29, 1.82) is 0 Å². The summed E-state index contributed by atoms with van der Waals surface area (Å²) in [7, 11) is -2.15. The largest absolute Gasteiger partial charge is 0.412 e. The fourth-order valence-electron chi connectivity index (χ4n) is 3.61. The maximum absolute atomic E-state index is 15.5. The summed E-state index contributed by atoms with van der Waals surface area (Å²) in [5.74, 6) is -1.16. The third kappa shape index (κ3) is 4.37. The van der Waals surface area contributed by atoms with Crippen molar-refractivity contribution in [2.75, 3.05) is 0 Å². The van der Waals surface area contributed by atoms with Crippen molar-refractivity contribution >= 4 is 14.0 Å². The Balaban J connectivity index is 1.73. The van der Waals surface area contributed by atoms with Crippen LogP contribution >= 0.6 is 0 Å². The van der Waals surface area contributed by atoms with Crippen LogP contribution < -0.4 is 0 Å². The molecule has 0 spiro atoms. The molecule has 0 fully saturated rings. The van der Waals surface area contributed by atoms with E-state index in [-0.39, 0.29) is 17.2 Å². The van der Waals surface area contributed by atoms with Crippen molar-refractivity contribution in [3.05, 3.63) is 83.7 Å². The van der Waals surface area contributed by atoms with Crippen LogP contribution in [0.4, 0.5) is 8.78 Å². The Bertz CT molecular complexity index is 1310. The third-order valence-corrected chi connectivity index (χ3v) is 11.3. The van der Waals surface area contributed by atoms with E-state index in [2.05, 4.69) is 33.9 Å². The second-order valence-electron chi connectivity index (χ2n) is 9.99. The van der Waals surface area contributed by atoms with Gasteiger partial charge in [-0.05, 0) is 49.3 Å². The molecule has 4 aromatic rings. The molecular formula is C27H30F2N2OSi. The molecule has 0 aliphatic carbocycles. The van der Waals surface area contributed by atoms with E-state index in [0.717, 1.165) is 22.6 Å². The summed E-state index contributed by atoms with van der Waals surface area (Å²) in [5.41, 5.74) is 4.63. The van der Waals surface area contributed by atoms with Crippen LogP contribution in [0.5, 0.6) is 0 Å². The highest BCUT2D eigenvalue weighted by Gasteiger charge is 2.37. The van der Waals surface area contributed by atoms with Gasteiger partial charge >= 0.3 is 0 Å². The Labute approximate surface area is 195 Å². The molecule has 172 valence electrons. The first kappa shape index (κ1) is 23.3. The van der Waals surface area contributed by atoms with Gasteiger partial charge in [-0.2, -0.15) is 0 Å². The molecule has 0 amide bonds. The SMILES string of the molecule is Cc1c(-c2ccccc2)nc2ccc(-c3ccc(F)c(CO[Si](C)(C)C(C)(C)C)c3F)cn12. The number of benzene rings is 2. The molecule has 0 aliphatic rings. The Kier molecular flexibility index (Phi) is 6.01. The van der Waals surface area contributed by atoms with E-state index in [0.29, 0.717) is 11.1 Å². The van der Waals surface area contributed by atoms with E-state index in [4.69, 9.17) is 9.41 Å². The van der Waals surface area contributed by atoms with Gasteiger partial charge in [0.05, 0.1) is 12.3 Å². The number of hydrogen-bond donors (Lipinski definition) is 0. The second-order valence-corrected chi connectivity index (χ2v) is 14.8. The van der Waals surface area contributed by atoms with Crippen molar-refractivity contribution in [1.82, 2.24) is 9.38 Å². The van der Waals surface area contributed by atoms with Crippen LogP contribution in [0.2, 0.25) is 18.1 Å². The molecule has 2 aromatic heterocycles. The molecular weight excluding hydrogens is 434 g/mol. The molecule has 4 rings (SSSR count). The van der Waals surface area contributed by atoms with Gasteiger partial charge in [-0.15, -0.1) is 0 Å². The number of aromatic nitrogens is 2. The molecule has 0 bridgehead atoms. The minimum atomic E-state index is -2.15. The van der Waals surface area contributed by atoms with E-state index < -0.39 is 20.0 Å². The number of imidazole rings is 1. The zero-order chi connectivity index (χ0) is 24.0. The zero-order valence-corrected chi connectivity index (χ0v) is 21.0. The van der Waals surface area contributed by atoms with Crippen molar-refractivity contribution in [2.45, 2.75) is 52.4 Å². The lowest BCUT2D eigenvalue weighted by Crippen LogP contribution is -2.40. The van der Waals surface area contributed by atoms with Gasteiger partial charge in [-0.1, -0.05) is 51.1 Å². The quantitative estimate of drug-likeness (QED) is 0.282. The third-order valence-electron chi connectivity index (χ3n) is 6.79. The highest BCUT2D eigenvalue weighted by Crippen LogP contribution is 2.38. The van der Waals surface area contributed by atoms with E-state index >= 15 is 4.39 Å². The summed E-state index contributed by atoms with van der Waals surface area (Å²) >= 11 is 0. The number of nitrogens with zero attached hydrogens (tertiary/aromatic N) is 2. The predicted octanol–water partition coefficient (Wildman–Crippen LogP) is 7.78. The van der Waals surface area contributed by atoms with Gasteiger partial charge in [0.1, 0.15) is 17.3 Å². The Morgan fingerprint density at radius 2 is 1.64 bits per heavy atom. The van der Waals surface area contributed by atoms with Gasteiger partial charge < -0.3 is 8.83 Å². The van der Waals surface area contributed by atoms with Crippen LogP contribution in [-0.2, 0) is 11.0 Å². The molecule has 2 heterocycles. The lowest BCUT2D eigenvalue weighted by Gasteiger charge is -2.36. The van der Waals surface area contributed by atoms with Crippen LogP contribution in [0.25, 0.3) is 28.0 Å². The Hall–Kier alpha value is -2.83.